The second kappa shape index (κ2) is 12.0. The molecule has 7 heteroatoms. The Morgan fingerprint density at radius 1 is 1.09 bits per heavy atom. The fourth-order valence-electron chi connectivity index (χ4n) is 3.95. The molecule has 0 aromatic heterocycles. The molecule has 1 atom stereocenters. The van der Waals surface area contributed by atoms with E-state index >= 15 is 0 Å². The maximum absolute atomic E-state index is 12.8. The summed E-state index contributed by atoms with van der Waals surface area (Å²) in [5.41, 5.74) is 2.39. The molecule has 0 bridgehead atoms. The van der Waals surface area contributed by atoms with Gasteiger partial charge in [-0.25, -0.2) is 12.7 Å². The third-order valence-corrected chi connectivity index (χ3v) is 7.78. The Bertz CT molecular complexity index is 946. The summed E-state index contributed by atoms with van der Waals surface area (Å²) < 4.78 is 32.7. The highest BCUT2D eigenvalue weighted by molar-refractivity contribution is 7.89. The lowest BCUT2D eigenvalue weighted by Gasteiger charge is -2.31. The smallest absolute Gasteiger partial charge is 0.224 e. The molecule has 32 heavy (non-hydrogen) atoms. The molecule has 1 aliphatic heterocycles. The molecule has 1 saturated heterocycles. The van der Waals surface area contributed by atoms with Crippen LogP contribution in [-0.4, -0.2) is 50.6 Å². The first-order valence-electron chi connectivity index (χ1n) is 11.5. The van der Waals surface area contributed by atoms with Gasteiger partial charge in [0.05, 0.1) is 18.2 Å². The second-order valence-corrected chi connectivity index (χ2v) is 10.3. The van der Waals surface area contributed by atoms with E-state index in [0.29, 0.717) is 39.0 Å². The normalized spacial score (nSPS) is 17.1. The molecule has 1 N–H and O–H groups in total. The van der Waals surface area contributed by atoms with Crippen LogP contribution in [0.5, 0.6) is 5.75 Å². The van der Waals surface area contributed by atoms with Crippen LogP contribution in [0.4, 0.5) is 0 Å². The van der Waals surface area contributed by atoms with Gasteiger partial charge in [-0.1, -0.05) is 49.4 Å². The SMILES string of the molecule is CCc1ccc(OCCNC(=O)[C@H]2CCCN(S(=O)(=O)CCCc3ccccc3)C2)cc1. The number of ether oxygens (including phenoxy) is 1. The summed E-state index contributed by atoms with van der Waals surface area (Å²) >= 11 is 0. The van der Waals surface area contributed by atoms with E-state index in [1.165, 1.54) is 9.87 Å². The zero-order valence-corrected chi connectivity index (χ0v) is 19.6. The standard InChI is InChI=1S/C25H34N2O4S/c1-2-21-12-14-24(15-13-21)31-18-16-26-25(28)23-11-6-17-27(20-23)32(29,30)19-7-10-22-8-4-3-5-9-22/h3-5,8-9,12-15,23H,2,6-7,10-11,16-20H2,1H3,(H,26,28)/t23-/m0/s1. The minimum Gasteiger partial charge on any atom is -0.492 e. The number of nitrogens with one attached hydrogen (secondary N) is 1. The van der Waals surface area contributed by atoms with Gasteiger partial charge in [0.25, 0.3) is 0 Å². The highest BCUT2D eigenvalue weighted by Crippen LogP contribution is 2.20. The topological polar surface area (TPSA) is 75.7 Å². The zero-order valence-electron chi connectivity index (χ0n) is 18.8. The number of benzene rings is 2. The lowest BCUT2D eigenvalue weighted by molar-refractivity contribution is -0.126. The van der Waals surface area contributed by atoms with Crippen molar-refractivity contribution in [2.45, 2.75) is 39.0 Å². The van der Waals surface area contributed by atoms with Crippen molar-refractivity contribution in [2.75, 3.05) is 32.0 Å². The second-order valence-electron chi connectivity index (χ2n) is 8.24. The number of piperidine rings is 1. The maximum atomic E-state index is 12.8. The van der Waals surface area contributed by atoms with Crippen molar-refractivity contribution in [1.82, 2.24) is 9.62 Å². The highest BCUT2D eigenvalue weighted by atomic mass is 32.2. The average molecular weight is 459 g/mol. The Balaban J connectivity index is 1.40. The van der Waals surface area contributed by atoms with Crippen molar-refractivity contribution in [3.8, 4) is 5.75 Å². The molecule has 0 spiro atoms. The van der Waals surface area contributed by atoms with Gasteiger partial charge in [-0.05, 0) is 55.4 Å². The minimum absolute atomic E-state index is 0.0980. The fourth-order valence-corrected chi connectivity index (χ4v) is 5.53. The molecule has 1 amide bonds. The Morgan fingerprint density at radius 3 is 2.56 bits per heavy atom. The van der Waals surface area contributed by atoms with Crippen LogP contribution in [0.3, 0.4) is 0 Å². The first-order chi connectivity index (χ1) is 15.5. The average Bonchev–Trinajstić information content (AvgIpc) is 2.83. The third-order valence-electron chi connectivity index (χ3n) is 5.86. The summed E-state index contributed by atoms with van der Waals surface area (Å²) in [6.07, 6.45) is 3.71. The van der Waals surface area contributed by atoms with Crippen LogP contribution in [-0.2, 0) is 27.7 Å². The summed E-state index contributed by atoms with van der Waals surface area (Å²) in [4.78, 5) is 12.6. The van der Waals surface area contributed by atoms with Crippen LogP contribution in [0.2, 0.25) is 0 Å². The molecule has 3 rings (SSSR count). The third kappa shape index (κ3) is 7.35. The Kier molecular flexibility index (Phi) is 9.11. The number of sulfonamides is 1. The van der Waals surface area contributed by atoms with E-state index in [4.69, 9.17) is 4.74 Å². The molecule has 0 aliphatic carbocycles. The number of aryl methyl sites for hydroxylation is 2. The minimum atomic E-state index is -3.36. The van der Waals surface area contributed by atoms with Crippen molar-refractivity contribution < 1.29 is 17.9 Å². The summed E-state index contributed by atoms with van der Waals surface area (Å²) in [7, 11) is -3.36. The van der Waals surface area contributed by atoms with E-state index in [2.05, 4.69) is 12.2 Å². The molecular formula is C25H34N2O4S. The van der Waals surface area contributed by atoms with E-state index in [-0.39, 0.29) is 24.1 Å². The quantitative estimate of drug-likeness (QED) is 0.524. The number of hydrogen-bond donors (Lipinski definition) is 1. The van der Waals surface area contributed by atoms with E-state index in [9.17, 15) is 13.2 Å². The van der Waals surface area contributed by atoms with E-state index in [1.54, 1.807) is 0 Å². The van der Waals surface area contributed by atoms with Gasteiger partial charge in [0, 0.05) is 13.1 Å². The molecule has 1 fully saturated rings. The lowest BCUT2D eigenvalue weighted by atomic mass is 9.99. The fraction of sp³-hybridized carbons (Fsp3) is 0.480. The molecule has 0 saturated carbocycles. The van der Waals surface area contributed by atoms with E-state index in [0.717, 1.165) is 24.2 Å². The van der Waals surface area contributed by atoms with Crippen LogP contribution in [0.25, 0.3) is 0 Å². The summed E-state index contributed by atoms with van der Waals surface area (Å²) in [5.74, 6) is 0.485. The molecule has 1 aliphatic rings. The predicted molar refractivity (Wildman–Crippen MR) is 127 cm³/mol. The van der Waals surface area contributed by atoms with Gasteiger partial charge in [0.2, 0.25) is 15.9 Å². The van der Waals surface area contributed by atoms with Gasteiger partial charge in [0.1, 0.15) is 12.4 Å². The number of nitrogens with zero attached hydrogens (tertiary/aromatic N) is 1. The Labute approximate surface area is 192 Å². The number of carbonyl (C=O) groups is 1. The van der Waals surface area contributed by atoms with Gasteiger partial charge in [-0.2, -0.15) is 0 Å². The van der Waals surface area contributed by atoms with Crippen molar-refractivity contribution >= 4 is 15.9 Å². The van der Waals surface area contributed by atoms with E-state index < -0.39 is 10.0 Å². The molecule has 0 radical (unpaired) electrons. The van der Waals surface area contributed by atoms with Crippen LogP contribution in [0.1, 0.15) is 37.3 Å². The van der Waals surface area contributed by atoms with Crippen molar-refractivity contribution in [3.05, 3.63) is 65.7 Å². The van der Waals surface area contributed by atoms with Crippen molar-refractivity contribution in [3.63, 3.8) is 0 Å². The molecule has 6 nitrogen and oxygen atoms in total. The zero-order chi connectivity index (χ0) is 22.8. The first-order valence-corrected chi connectivity index (χ1v) is 13.1. The van der Waals surface area contributed by atoms with Gasteiger partial charge in [0.15, 0.2) is 0 Å². The van der Waals surface area contributed by atoms with Crippen LogP contribution >= 0.6 is 0 Å². The summed E-state index contributed by atoms with van der Waals surface area (Å²) in [6.45, 7) is 3.64. The predicted octanol–water partition coefficient (Wildman–Crippen LogP) is 3.42. The highest BCUT2D eigenvalue weighted by Gasteiger charge is 2.31. The Morgan fingerprint density at radius 2 is 1.84 bits per heavy atom. The number of carbonyl (C=O) groups excluding carboxylic acids is 1. The first kappa shape index (κ1) is 24.3. The number of hydrogen-bond acceptors (Lipinski definition) is 4. The monoisotopic (exact) mass is 458 g/mol. The lowest BCUT2D eigenvalue weighted by Crippen LogP contribution is -2.46. The summed E-state index contributed by atoms with van der Waals surface area (Å²) in [6, 6.07) is 17.8. The van der Waals surface area contributed by atoms with Gasteiger partial charge in [-0.15, -0.1) is 0 Å². The maximum Gasteiger partial charge on any atom is 0.224 e. The van der Waals surface area contributed by atoms with Gasteiger partial charge in [-0.3, -0.25) is 4.79 Å². The molecule has 2 aromatic rings. The molecule has 174 valence electrons. The van der Waals surface area contributed by atoms with Gasteiger partial charge >= 0.3 is 0 Å². The molecular weight excluding hydrogens is 424 g/mol. The van der Waals surface area contributed by atoms with Crippen LogP contribution in [0, 0.1) is 5.92 Å². The number of amides is 1. The number of rotatable bonds is 11. The summed E-state index contributed by atoms with van der Waals surface area (Å²) in [5, 5.41) is 2.90. The Hall–Kier alpha value is -2.38. The van der Waals surface area contributed by atoms with Crippen molar-refractivity contribution in [1.29, 1.82) is 0 Å². The van der Waals surface area contributed by atoms with E-state index in [1.807, 2.05) is 54.6 Å². The molecule has 1 heterocycles. The molecule has 0 unspecified atom stereocenters. The largest absolute Gasteiger partial charge is 0.492 e. The van der Waals surface area contributed by atoms with Crippen molar-refractivity contribution in [2.24, 2.45) is 5.92 Å². The molecule has 2 aromatic carbocycles. The van der Waals surface area contributed by atoms with Crippen LogP contribution in [0.15, 0.2) is 54.6 Å². The van der Waals surface area contributed by atoms with Crippen LogP contribution < -0.4 is 10.1 Å². The van der Waals surface area contributed by atoms with Gasteiger partial charge < -0.3 is 10.1 Å².